The van der Waals surface area contributed by atoms with Gasteiger partial charge in [-0.25, -0.2) is 0 Å². The summed E-state index contributed by atoms with van der Waals surface area (Å²) < 4.78 is 5.58. The Morgan fingerprint density at radius 3 is 2.38 bits per heavy atom. The second-order valence-electron chi connectivity index (χ2n) is 6.23. The number of carbonyl (C=O) groups is 1. The molecule has 1 N–H and O–H groups in total. The predicted molar refractivity (Wildman–Crippen MR) is 84.8 cm³/mol. The largest absolute Gasteiger partial charge is 0.374 e. The third kappa shape index (κ3) is 5.50. The number of hydrogen-bond acceptors (Lipinski definition) is 2. The molecule has 0 saturated heterocycles. The summed E-state index contributed by atoms with van der Waals surface area (Å²) >= 11 is 0. The van der Waals surface area contributed by atoms with Crippen LogP contribution in [0.5, 0.6) is 0 Å². The summed E-state index contributed by atoms with van der Waals surface area (Å²) in [4.78, 5) is 12.1. The number of carbonyl (C=O) groups excluding carboxylic acids is 1. The third-order valence-electron chi connectivity index (χ3n) is 4.05. The summed E-state index contributed by atoms with van der Waals surface area (Å²) in [7, 11) is 0. The molecule has 1 aliphatic rings. The first-order chi connectivity index (χ1) is 10.1. The Morgan fingerprint density at radius 2 is 1.76 bits per heavy atom. The van der Waals surface area contributed by atoms with Gasteiger partial charge in [0.05, 0.1) is 12.7 Å². The fraction of sp³-hybridized carbons (Fsp3) is 0.611. The first kappa shape index (κ1) is 16.0. The van der Waals surface area contributed by atoms with E-state index in [9.17, 15) is 4.79 Å². The van der Waals surface area contributed by atoms with Crippen molar-refractivity contribution in [1.29, 1.82) is 0 Å². The lowest BCUT2D eigenvalue weighted by Gasteiger charge is -2.20. The SMILES string of the molecule is CC(C)OCc1ccc(CNC(=O)C2CCCCC2)cc1. The zero-order valence-electron chi connectivity index (χ0n) is 13.2. The van der Waals surface area contributed by atoms with E-state index < -0.39 is 0 Å². The molecule has 0 atom stereocenters. The summed E-state index contributed by atoms with van der Waals surface area (Å²) in [6.45, 7) is 5.34. The van der Waals surface area contributed by atoms with E-state index in [1.807, 2.05) is 13.8 Å². The van der Waals surface area contributed by atoms with Gasteiger partial charge in [0, 0.05) is 12.5 Å². The second-order valence-corrected chi connectivity index (χ2v) is 6.23. The Hall–Kier alpha value is -1.35. The van der Waals surface area contributed by atoms with Crippen LogP contribution in [0.25, 0.3) is 0 Å². The maximum absolute atomic E-state index is 12.1. The summed E-state index contributed by atoms with van der Waals surface area (Å²) in [5.74, 6) is 0.458. The first-order valence-electron chi connectivity index (χ1n) is 8.12. The quantitative estimate of drug-likeness (QED) is 0.865. The average Bonchev–Trinajstić information content (AvgIpc) is 2.52. The maximum atomic E-state index is 12.1. The van der Waals surface area contributed by atoms with Gasteiger partial charge in [0.1, 0.15) is 0 Å². The summed E-state index contributed by atoms with van der Waals surface area (Å²) in [6, 6.07) is 8.29. The van der Waals surface area contributed by atoms with Gasteiger partial charge in [0.2, 0.25) is 5.91 Å². The lowest BCUT2D eigenvalue weighted by Crippen LogP contribution is -2.31. The Morgan fingerprint density at radius 1 is 1.14 bits per heavy atom. The fourth-order valence-electron chi connectivity index (χ4n) is 2.71. The molecule has 0 spiro atoms. The highest BCUT2D eigenvalue weighted by molar-refractivity contribution is 5.78. The Bertz CT molecular complexity index is 433. The summed E-state index contributed by atoms with van der Waals surface area (Å²) in [5.41, 5.74) is 2.32. The van der Waals surface area contributed by atoms with Crippen molar-refractivity contribution in [3.63, 3.8) is 0 Å². The molecule has 0 unspecified atom stereocenters. The second kappa shape index (κ2) is 8.18. The highest BCUT2D eigenvalue weighted by Gasteiger charge is 2.20. The molecule has 1 aromatic carbocycles. The van der Waals surface area contributed by atoms with Crippen LogP contribution in [-0.2, 0) is 22.7 Å². The number of hydrogen-bond donors (Lipinski definition) is 1. The van der Waals surface area contributed by atoms with Crippen molar-refractivity contribution in [3.05, 3.63) is 35.4 Å². The van der Waals surface area contributed by atoms with Gasteiger partial charge in [0.15, 0.2) is 0 Å². The minimum Gasteiger partial charge on any atom is -0.374 e. The molecule has 3 heteroatoms. The average molecular weight is 289 g/mol. The van der Waals surface area contributed by atoms with Crippen LogP contribution in [0.1, 0.15) is 57.1 Å². The van der Waals surface area contributed by atoms with E-state index in [2.05, 4.69) is 29.6 Å². The molecule has 1 saturated carbocycles. The van der Waals surface area contributed by atoms with Crippen LogP contribution in [0.4, 0.5) is 0 Å². The van der Waals surface area contributed by atoms with Gasteiger partial charge in [-0.15, -0.1) is 0 Å². The number of nitrogens with one attached hydrogen (secondary N) is 1. The molecule has 2 rings (SSSR count). The molecular formula is C18H27NO2. The van der Waals surface area contributed by atoms with E-state index in [0.717, 1.165) is 18.4 Å². The third-order valence-corrected chi connectivity index (χ3v) is 4.05. The number of rotatable bonds is 6. The molecule has 3 nitrogen and oxygen atoms in total. The lowest BCUT2D eigenvalue weighted by atomic mass is 9.88. The topological polar surface area (TPSA) is 38.3 Å². The molecule has 0 heterocycles. The highest BCUT2D eigenvalue weighted by Crippen LogP contribution is 2.23. The van der Waals surface area contributed by atoms with Crippen LogP contribution in [-0.4, -0.2) is 12.0 Å². The molecule has 116 valence electrons. The van der Waals surface area contributed by atoms with Gasteiger partial charge < -0.3 is 10.1 Å². The van der Waals surface area contributed by atoms with Crippen LogP contribution >= 0.6 is 0 Å². The van der Waals surface area contributed by atoms with Crippen LogP contribution in [0, 0.1) is 5.92 Å². The number of ether oxygens (including phenoxy) is 1. The molecule has 1 aliphatic carbocycles. The predicted octanol–water partition coefficient (Wildman–Crippen LogP) is 3.81. The Balaban J connectivity index is 1.76. The zero-order chi connectivity index (χ0) is 15.1. The van der Waals surface area contributed by atoms with Crippen molar-refractivity contribution in [2.24, 2.45) is 5.92 Å². The van der Waals surface area contributed by atoms with Gasteiger partial charge in [-0.3, -0.25) is 4.79 Å². The van der Waals surface area contributed by atoms with E-state index in [-0.39, 0.29) is 17.9 Å². The Kier molecular flexibility index (Phi) is 6.24. The molecule has 1 fully saturated rings. The van der Waals surface area contributed by atoms with Crippen LogP contribution in [0.3, 0.4) is 0 Å². The monoisotopic (exact) mass is 289 g/mol. The summed E-state index contributed by atoms with van der Waals surface area (Å²) in [5, 5.41) is 3.07. The van der Waals surface area contributed by atoms with Crippen LogP contribution in [0.15, 0.2) is 24.3 Å². The van der Waals surface area contributed by atoms with E-state index in [1.165, 1.54) is 24.8 Å². The van der Waals surface area contributed by atoms with Crippen molar-refractivity contribution in [1.82, 2.24) is 5.32 Å². The van der Waals surface area contributed by atoms with E-state index >= 15 is 0 Å². The highest BCUT2D eigenvalue weighted by atomic mass is 16.5. The minimum absolute atomic E-state index is 0.224. The van der Waals surface area contributed by atoms with E-state index in [4.69, 9.17) is 4.74 Å². The molecule has 0 aliphatic heterocycles. The fourth-order valence-corrected chi connectivity index (χ4v) is 2.71. The van der Waals surface area contributed by atoms with Crippen molar-refractivity contribution in [3.8, 4) is 0 Å². The zero-order valence-corrected chi connectivity index (χ0v) is 13.2. The van der Waals surface area contributed by atoms with Gasteiger partial charge in [-0.1, -0.05) is 43.5 Å². The number of amides is 1. The first-order valence-corrected chi connectivity index (χ1v) is 8.12. The molecule has 0 bridgehead atoms. The maximum Gasteiger partial charge on any atom is 0.223 e. The van der Waals surface area contributed by atoms with E-state index in [1.54, 1.807) is 0 Å². The Labute approximate surface area is 128 Å². The normalized spacial score (nSPS) is 16.1. The molecular weight excluding hydrogens is 262 g/mol. The van der Waals surface area contributed by atoms with Gasteiger partial charge >= 0.3 is 0 Å². The van der Waals surface area contributed by atoms with Gasteiger partial charge in [-0.05, 0) is 37.8 Å². The van der Waals surface area contributed by atoms with Crippen molar-refractivity contribution < 1.29 is 9.53 Å². The lowest BCUT2D eigenvalue weighted by molar-refractivity contribution is -0.126. The number of benzene rings is 1. The molecule has 21 heavy (non-hydrogen) atoms. The molecule has 1 aromatic rings. The molecule has 0 aromatic heterocycles. The minimum atomic E-state index is 0.224. The van der Waals surface area contributed by atoms with Crippen molar-refractivity contribution in [2.75, 3.05) is 0 Å². The molecule has 1 amide bonds. The van der Waals surface area contributed by atoms with Gasteiger partial charge in [-0.2, -0.15) is 0 Å². The van der Waals surface area contributed by atoms with Gasteiger partial charge in [0.25, 0.3) is 0 Å². The smallest absolute Gasteiger partial charge is 0.223 e. The summed E-state index contributed by atoms with van der Waals surface area (Å²) in [6.07, 6.45) is 6.03. The van der Waals surface area contributed by atoms with Crippen molar-refractivity contribution >= 4 is 5.91 Å². The van der Waals surface area contributed by atoms with E-state index in [0.29, 0.717) is 13.2 Å². The molecule has 0 radical (unpaired) electrons. The van der Waals surface area contributed by atoms with Crippen molar-refractivity contribution in [2.45, 2.75) is 65.2 Å². The van der Waals surface area contributed by atoms with Crippen LogP contribution < -0.4 is 5.32 Å². The standard InChI is InChI=1S/C18H27NO2/c1-14(2)21-13-16-10-8-15(9-11-16)12-19-18(20)17-6-4-3-5-7-17/h8-11,14,17H,3-7,12-13H2,1-2H3,(H,19,20). The van der Waals surface area contributed by atoms with Crippen LogP contribution in [0.2, 0.25) is 0 Å².